The molecule has 1 fully saturated rings. The Morgan fingerprint density at radius 3 is 2.77 bits per heavy atom. The van der Waals surface area contributed by atoms with Crippen LogP contribution < -0.4 is 0 Å². The lowest BCUT2D eigenvalue weighted by Crippen LogP contribution is -2.35. The number of carbonyl (C=O) groups is 1. The monoisotopic (exact) mass is 298 g/mol. The number of carbonyl (C=O) groups excluding carboxylic acids is 1. The van der Waals surface area contributed by atoms with Gasteiger partial charge in [0.2, 0.25) is 5.91 Å². The summed E-state index contributed by atoms with van der Waals surface area (Å²) in [5.41, 5.74) is 1.98. The van der Waals surface area contributed by atoms with Crippen molar-refractivity contribution < 1.29 is 4.79 Å². The Morgan fingerprint density at radius 1 is 1.14 bits per heavy atom. The summed E-state index contributed by atoms with van der Waals surface area (Å²) in [6.07, 6.45) is 5.20. The molecule has 0 unspecified atom stereocenters. The number of aromatic nitrogens is 2. The summed E-state index contributed by atoms with van der Waals surface area (Å²) in [6, 6.07) is 9.95. The first-order chi connectivity index (χ1) is 10.7. The molecule has 5 nitrogen and oxygen atoms in total. The molecule has 0 spiro atoms. The van der Waals surface area contributed by atoms with Crippen molar-refractivity contribution >= 4 is 5.91 Å². The summed E-state index contributed by atoms with van der Waals surface area (Å²) in [4.78, 5) is 16.7. The van der Waals surface area contributed by atoms with E-state index in [1.165, 1.54) is 0 Å². The van der Waals surface area contributed by atoms with Crippen LogP contribution in [-0.2, 0) is 11.2 Å². The van der Waals surface area contributed by atoms with Crippen LogP contribution in [0.3, 0.4) is 0 Å². The van der Waals surface area contributed by atoms with Gasteiger partial charge in [-0.15, -0.1) is 0 Å². The lowest BCUT2D eigenvalue weighted by atomic mass is 10.2. The maximum Gasteiger partial charge on any atom is 0.227 e. The smallest absolute Gasteiger partial charge is 0.227 e. The Kier molecular flexibility index (Phi) is 4.53. The molecule has 116 valence electrons. The molecule has 1 saturated heterocycles. The van der Waals surface area contributed by atoms with E-state index < -0.39 is 0 Å². The van der Waals surface area contributed by atoms with Crippen LogP contribution in [0.5, 0.6) is 0 Å². The maximum atomic E-state index is 12.4. The molecule has 0 atom stereocenters. The van der Waals surface area contributed by atoms with Crippen LogP contribution in [0.1, 0.15) is 12.0 Å². The minimum absolute atomic E-state index is 0.197. The highest BCUT2D eigenvalue weighted by Gasteiger charge is 2.18. The summed E-state index contributed by atoms with van der Waals surface area (Å²) < 4.78 is 1.82. The molecule has 0 radical (unpaired) electrons. The summed E-state index contributed by atoms with van der Waals surface area (Å²) in [5.74, 6) is 0.197. The van der Waals surface area contributed by atoms with Gasteiger partial charge < -0.3 is 9.80 Å². The zero-order chi connectivity index (χ0) is 15.4. The Bertz CT molecular complexity index is 623. The van der Waals surface area contributed by atoms with Gasteiger partial charge in [0.1, 0.15) is 0 Å². The Balaban J connectivity index is 1.63. The number of para-hydroxylation sites is 1. The van der Waals surface area contributed by atoms with Crippen molar-refractivity contribution in [1.29, 1.82) is 0 Å². The topological polar surface area (TPSA) is 41.4 Å². The van der Waals surface area contributed by atoms with Crippen LogP contribution in [0.25, 0.3) is 5.69 Å². The third-order valence-electron chi connectivity index (χ3n) is 4.08. The minimum atomic E-state index is 0.197. The van der Waals surface area contributed by atoms with Gasteiger partial charge >= 0.3 is 0 Å². The number of likely N-dealkylation sites (N-methyl/N-ethyl adjacent to an activating group) is 1. The van der Waals surface area contributed by atoms with Crippen molar-refractivity contribution in [3.8, 4) is 5.69 Å². The maximum absolute atomic E-state index is 12.4. The van der Waals surface area contributed by atoms with Crippen molar-refractivity contribution in [2.24, 2.45) is 0 Å². The zero-order valence-corrected chi connectivity index (χ0v) is 13.0. The molecule has 1 amide bonds. The van der Waals surface area contributed by atoms with Crippen LogP contribution in [0, 0.1) is 0 Å². The lowest BCUT2D eigenvalue weighted by molar-refractivity contribution is -0.130. The molecule has 0 N–H and O–H groups in total. The van der Waals surface area contributed by atoms with Crippen molar-refractivity contribution in [3.63, 3.8) is 0 Å². The van der Waals surface area contributed by atoms with Gasteiger partial charge in [0.15, 0.2) is 0 Å². The molecule has 22 heavy (non-hydrogen) atoms. The average Bonchev–Trinajstić information content (AvgIpc) is 2.88. The fourth-order valence-electron chi connectivity index (χ4n) is 2.76. The SMILES string of the molecule is CN1CCCN(C(=O)Cc2cnn(-c3ccccc3)c2)CC1. The number of hydrogen-bond acceptors (Lipinski definition) is 3. The molecule has 2 aromatic rings. The Hall–Kier alpha value is -2.14. The van der Waals surface area contributed by atoms with Crippen LogP contribution >= 0.6 is 0 Å². The van der Waals surface area contributed by atoms with Crippen LogP contribution in [0.2, 0.25) is 0 Å². The highest BCUT2D eigenvalue weighted by atomic mass is 16.2. The molecule has 1 aromatic carbocycles. The predicted molar refractivity (Wildman–Crippen MR) is 86.0 cm³/mol. The molecular formula is C17H22N4O. The lowest BCUT2D eigenvalue weighted by Gasteiger charge is -2.20. The summed E-state index contributed by atoms with van der Waals surface area (Å²) >= 11 is 0. The largest absolute Gasteiger partial charge is 0.341 e. The van der Waals surface area contributed by atoms with Crippen LogP contribution in [0.4, 0.5) is 0 Å². The van der Waals surface area contributed by atoms with Gasteiger partial charge in [-0.05, 0) is 37.7 Å². The van der Waals surface area contributed by atoms with Crippen molar-refractivity contribution in [1.82, 2.24) is 19.6 Å². The fourth-order valence-corrected chi connectivity index (χ4v) is 2.76. The van der Waals surface area contributed by atoms with Gasteiger partial charge in [0.25, 0.3) is 0 Å². The fraction of sp³-hybridized carbons (Fsp3) is 0.412. The van der Waals surface area contributed by atoms with Gasteiger partial charge in [-0.25, -0.2) is 4.68 Å². The van der Waals surface area contributed by atoms with E-state index in [2.05, 4.69) is 17.0 Å². The molecule has 2 heterocycles. The summed E-state index contributed by atoms with van der Waals surface area (Å²) in [5, 5.41) is 4.35. The van der Waals surface area contributed by atoms with Crippen molar-refractivity contribution in [2.45, 2.75) is 12.8 Å². The van der Waals surface area contributed by atoms with E-state index in [9.17, 15) is 4.79 Å². The van der Waals surface area contributed by atoms with Gasteiger partial charge in [-0.1, -0.05) is 18.2 Å². The molecule has 0 aliphatic carbocycles. The molecular weight excluding hydrogens is 276 g/mol. The first-order valence-electron chi connectivity index (χ1n) is 7.78. The van der Waals surface area contributed by atoms with Crippen LogP contribution in [0.15, 0.2) is 42.7 Å². The second kappa shape index (κ2) is 6.75. The number of nitrogens with zero attached hydrogens (tertiary/aromatic N) is 4. The average molecular weight is 298 g/mol. The Labute approximate surface area is 131 Å². The quantitative estimate of drug-likeness (QED) is 0.864. The number of amides is 1. The standard InChI is InChI=1S/C17H22N4O/c1-19-8-5-9-20(11-10-19)17(22)12-15-13-18-21(14-15)16-6-3-2-4-7-16/h2-4,6-7,13-14H,5,8-12H2,1H3. The third-order valence-corrected chi connectivity index (χ3v) is 4.08. The van der Waals surface area contributed by atoms with E-state index in [0.29, 0.717) is 6.42 Å². The molecule has 1 aliphatic heterocycles. The van der Waals surface area contributed by atoms with Crippen LogP contribution in [-0.4, -0.2) is 58.7 Å². The minimum Gasteiger partial charge on any atom is -0.341 e. The first kappa shape index (κ1) is 14.8. The molecule has 0 bridgehead atoms. The van der Waals surface area contributed by atoms with E-state index in [4.69, 9.17) is 0 Å². The molecule has 3 rings (SSSR count). The molecule has 1 aliphatic rings. The van der Waals surface area contributed by atoms with E-state index in [1.54, 1.807) is 6.20 Å². The van der Waals surface area contributed by atoms with E-state index in [0.717, 1.165) is 43.9 Å². The highest BCUT2D eigenvalue weighted by molar-refractivity contribution is 5.78. The van der Waals surface area contributed by atoms with Crippen molar-refractivity contribution in [2.75, 3.05) is 33.2 Å². The Morgan fingerprint density at radius 2 is 1.95 bits per heavy atom. The number of benzene rings is 1. The molecule has 5 heteroatoms. The normalized spacial score (nSPS) is 16.5. The second-order valence-electron chi connectivity index (χ2n) is 5.84. The van der Waals surface area contributed by atoms with Crippen molar-refractivity contribution in [3.05, 3.63) is 48.3 Å². The molecule has 0 saturated carbocycles. The zero-order valence-electron chi connectivity index (χ0n) is 13.0. The van der Waals surface area contributed by atoms with Gasteiger partial charge in [-0.2, -0.15) is 5.10 Å². The second-order valence-corrected chi connectivity index (χ2v) is 5.84. The number of hydrogen-bond donors (Lipinski definition) is 0. The van der Waals surface area contributed by atoms with E-state index >= 15 is 0 Å². The van der Waals surface area contributed by atoms with E-state index in [-0.39, 0.29) is 5.91 Å². The number of rotatable bonds is 3. The summed E-state index contributed by atoms with van der Waals surface area (Å²) in [7, 11) is 2.11. The van der Waals surface area contributed by atoms with Gasteiger partial charge in [-0.3, -0.25) is 4.79 Å². The third kappa shape index (κ3) is 3.54. The highest BCUT2D eigenvalue weighted by Crippen LogP contribution is 2.10. The van der Waals surface area contributed by atoms with E-state index in [1.807, 2.05) is 46.1 Å². The predicted octanol–water partition coefficient (Wildman–Crippen LogP) is 1.58. The van der Waals surface area contributed by atoms with Gasteiger partial charge in [0.05, 0.1) is 18.3 Å². The van der Waals surface area contributed by atoms with Gasteiger partial charge in [0, 0.05) is 25.8 Å². The summed E-state index contributed by atoms with van der Waals surface area (Å²) in [6.45, 7) is 3.70. The molecule has 1 aromatic heterocycles. The first-order valence-corrected chi connectivity index (χ1v) is 7.78.